The first-order chi connectivity index (χ1) is 20.2. The Bertz CT molecular complexity index is 979. The van der Waals surface area contributed by atoms with Gasteiger partial charge in [-0.2, -0.15) is 0 Å². The van der Waals surface area contributed by atoms with Gasteiger partial charge in [0.25, 0.3) is 0 Å². The number of rotatable bonds is 14. The number of nitrogens with two attached hydrogens (primary N) is 1. The number of amides is 3. The van der Waals surface area contributed by atoms with Crippen LogP contribution in [0.4, 0.5) is 14.4 Å². The summed E-state index contributed by atoms with van der Waals surface area (Å²) < 4.78 is 13.6. The van der Waals surface area contributed by atoms with E-state index >= 15 is 0 Å². The second-order valence-corrected chi connectivity index (χ2v) is 16.8. The minimum absolute atomic E-state index is 0.0683. The van der Waals surface area contributed by atoms with E-state index in [9.17, 15) is 33.9 Å². The number of thioether (sulfide) groups is 1. The van der Waals surface area contributed by atoms with Crippen LogP contribution in [0.15, 0.2) is 0 Å². The number of hydrogen-bond acceptors (Lipinski definition) is 11. The van der Waals surface area contributed by atoms with Crippen LogP contribution in [0.3, 0.4) is 0 Å². The Morgan fingerprint density at radius 3 is 1.67 bits per heavy atom. The summed E-state index contributed by atoms with van der Waals surface area (Å²) in [6.07, 6.45) is 1.45. The quantitative estimate of drug-likeness (QED) is 0.111. The number of imide groups is 1. The zero-order valence-electron chi connectivity index (χ0n) is 28.4. The van der Waals surface area contributed by atoms with Crippen molar-refractivity contribution < 1.29 is 53.2 Å². The third-order valence-corrected chi connectivity index (χ3v) is 8.24. The molecule has 0 rings (SSSR count). The fraction of sp³-hybridized carbons (Fsp3) is 0.793. The molecule has 262 valence electrons. The van der Waals surface area contributed by atoms with Crippen molar-refractivity contribution in [3.8, 4) is 0 Å². The van der Waals surface area contributed by atoms with E-state index in [2.05, 4.69) is 5.32 Å². The van der Waals surface area contributed by atoms with Crippen molar-refractivity contribution in [2.75, 3.05) is 18.6 Å². The van der Waals surface area contributed by atoms with Gasteiger partial charge < -0.3 is 14.6 Å². The molecular weight excluding hydrogens is 677 g/mol. The Labute approximate surface area is 277 Å². The van der Waals surface area contributed by atoms with Gasteiger partial charge in [-0.3, -0.25) is 4.79 Å². The first-order valence-corrected chi connectivity index (χ1v) is 17.5. The van der Waals surface area contributed by atoms with E-state index in [1.54, 1.807) is 62.3 Å². The number of aliphatic carboxylic acids is 2. The molecule has 5 N–H and O–H groups in total. The summed E-state index contributed by atoms with van der Waals surface area (Å²) in [5, 5.41) is 20.2. The van der Waals surface area contributed by atoms with Crippen molar-refractivity contribution in [2.24, 2.45) is 5.73 Å². The number of carbonyl (C=O) groups excluding carboxylic acids is 4. The van der Waals surface area contributed by atoms with Gasteiger partial charge in [0.05, 0.1) is 0 Å². The number of hydrogen-bond donors (Lipinski definition) is 4. The molecule has 2 unspecified atom stereocenters. The summed E-state index contributed by atoms with van der Waals surface area (Å²) in [5.41, 5.74) is 3.73. The third-order valence-electron chi connectivity index (χ3n) is 4.91. The third kappa shape index (κ3) is 23.4. The van der Waals surface area contributed by atoms with E-state index in [1.165, 1.54) is 18.7 Å². The summed E-state index contributed by atoms with van der Waals surface area (Å²) in [5.74, 6) is -1.51. The maximum atomic E-state index is 12.2. The van der Waals surface area contributed by atoms with E-state index in [0.29, 0.717) is 25.0 Å². The molecule has 0 aliphatic rings. The summed E-state index contributed by atoms with van der Waals surface area (Å²) in [6, 6.07) is -0.841. The number of nitrogens with one attached hydrogen (secondary N) is 1. The number of alkyl carbamates (subject to hydrolysis) is 1. The second kappa shape index (κ2) is 19.9. The maximum absolute atomic E-state index is 12.2. The zero-order valence-corrected chi connectivity index (χ0v) is 31.0. The molecule has 3 amide bonds. The number of carbonyl (C=O) groups is 6. The fourth-order valence-electron chi connectivity index (χ4n) is 2.88. The topological polar surface area (TPSA) is 212 Å². The Morgan fingerprint density at radius 1 is 0.822 bits per heavy atom. The van der Waals surface area contributed by atoms with Crippen LogP contribution >= 0.6 is 11.8 Å². The molecule has 0 aromatic rings. The van der Waals surface area contributed by atoms with Gasteiger partial charge >= 0.3 is 159 Å². The fourth-order valence-corrected chi connectivity index (χ4v) is 5.56. The van der Waals surface area contributed by atoms with Gasteiger partial charge in [-0.05, 0) is 54.4 Å². The molecule has 14 nitrogen and oxygen atoms in total. The summed E-state index contributed by atoms with van der Waals surface area (Å²) in [7, 11) is 0. The number of ether oxygens (including phenoxy) is 3. The van der Waals surface area contributed by atoms with Gasteiger partial charge in [-0.15, -0.1) is 0 Å². The Morgan fingerprint density at radius 2 is 1.29 bits per heavy atom. The van der Waals surface area contributed by atoms with E-state index in [0.717, 1.165) is 4.90 Å². The van der Waals surface area contributed by atoms with Crippen molar-refractivity contribution >= 4 is 61.6 Å². The SMILES string of the molecule is CC(C)(C)OC(=O)N(CCCCCC(=O)O)C(=O)OC(C)(C)C.CSCCC(N)([Se]C(=O)C(C)NC(=O)OC(C)(C)C)C(=O)O. The van der Waals surface area contributed by atoms with Gasteiger partial charge in [0.1, 0.15) is 11.2 Å². The van der Waals surface area contributed by atoms with Crippen molar-refractivity contribution in [1.82, 2.24) is 10.2 Å². The van der Waals surface area contributed by atoms with Crippen LogP contribution in [0.5, 0.6) is 0 Å². The minimum atomic E-state index is -1.56. The van der Waals surface area contributed by atoms with Crippen LogP contribution in [0, 0.1) is 0 Å². The van der Waals surface area contributed by atoms with E-state index in [-0.39, 0.29) is 24.1 Å². The number of nitrogens with zero attached hydrogens (tertiary/aromatic N) is 1. The summed E-state index contributed by atoms with van der Waals surface area (Å²) >= 11 is 0.467. The van der Waals surface area contributed by atoms with Gasteiger partial charge in [-0.1, -0.05) is 6.42 Å². The van der Waals surface area contributed by atoms with E-state index < -0.39 is 72.5 Å². The molecule has 0 spiro atoms. The van der Waals surface area contributed by atoms with Crippen molar-refractivity contribution in [2.45, 2.75) is 129 Å². The van der Waals surface area contributed by atoms with Crippen molar-refractivity contribution in [3.05, 3.63) is 0 Å². The molecule has 0 heterocycles. The standard InChI is InChI=1S/C16H29NO6.C13H24N2O5SSe/c1-15(2,3)22-13(20)17(14(21)23-16(4,5)6)11-9-7-8-10-12(18)19;1-8(15-11(19)20-12(2,3)4)9(16)22-13(14,10(17)18)6-7-21-5/h7-11H2,1-6H3,(H,18,19);8H,6-7,14H2,1-5H3,(H,15,19)(H,17,18). The average Bonchev–Trinajstić information content (AvgIpc) is 2.81. The number of unbranched alkanes of at least 4 members (excludes halogenated alkanes) is 2. The van der Waals surface area contributed by atoms with Crippen molar-refractivity contribution in [3.63, 3.8) is 0 Å². The molecule has 0 aromatic carbocycles. The molecule has 0 saturated heterocycles. The molecule has 0 aromatic heterocycles. The molecular formula is C29H53N3O11SSe. The molecule has 45 heavy (non-hydrogen) atoms. The predicted octanol–water partition coefficient (Wildman–Crippen LogP) is 4.43. The van der Waals surface area contributed by atoms with Crippen LogP contribution in [0.2, 0.25) is 0 Å². The molecule has 0 bridgehead atoms. The van der Waals surface area contributed by atoms with Crippen molar-refractivity contribution in [1.29, 1.82) is 0 Å². The first kappa shape index (κ1) is 44.6. The molecule has 0 saturated carbocycles. The van der Waals surface area contributed by atoms with Crippen LogP contribution in [-0.2, 0) is 28.6 Å². The molecule has 0 fully saturated rings. The average molecular weight is 731 g/mol. The molecule has 16 heteroatoms. The Balaban J connectivity index is 0. The second-order valence-electron chi connectivity index (χ2n) is 13.0. The number of carboxylic acids is 2. The molecule has 0 aliphatic heterocycles. The molecule has 0 radical (unpaired) electrons. The van der Waals surface area contributed by atoms with Gasteiger partial charge in [0, 0.05) is 13.0 Å². The van der Waals surface area contributed by atoms with Crippen LogP contribution in [0.25, 0.3) is 0 Å². The zero-order chi connectivity index (χ0) is 35.8. The Kier molecular flexibility index (Phi) is 19.7. The first-order valence-electron chi connectivity index (χ1n) is 14.4. The summed E-state index contributed by atoms with van der Waals surface area (Å²) in [4.78, 5) is 70.8. The summed E-state index contributed by atoms with van der Waals surface area (Å²) in [6.45, 7) is 17.0. The molecule has 2 atom stereocenters. The van der Waals surface area contributed by atoms with Gasteiger partial charge in [0.15, 0.2) is 0 Å². The van der Waals surface area contributed by atoms with E-state index in [4.69, 9.17) is 25.1 Å². The van der Waals surface area contributed by atoms with Crippen LogP contribution < -0.4 is 11.1 Å². The predicted molar refractivity (Wildman–Crippen MR) is 172 cm³/mol. The van der Waals surface area contributed by atoms with Crippen LogP contribution in [0.1, 0.15) is 101 Å². The van der Waals surface area contributed by atoms with Crippen LogP contribution in [-0.4, -0.2) is 111 Å². The Hall–Kier alpha value is -2.55. The van der Waals surface area contributed by atoms with Gasteiger partial charge in [0.2, 0.25) is 0 Å². The number of carboxylic acid groups (broad SMARTS) is 2. The molecule has 0 aliphatic carbocycles. The van der Waals surface area contributed by atoms with Gasteiger partial charge in [-0.25, -0.2) is 14.5 Å². The monoisotopic (exact) mass is 731 g/mol. The van der Waals surface area contributed by atoms with E-state index in [1.807, 2.05) is 6.26 Å². The normalized spacial score (nSPS) is 13.6.